The zero-order valence-corrected chi connectivity index (χ0v) is 21.3. The SMILES string of the molecule is CC(C)(CCCc1ccc(Cl)cc1)NC[C@H](O)COc1cc(-c2ccc(C(=O)O)cc2)ccc1C#N. The van der Waals surface area contributed by atoms with Gasteiger partial charge in [-0.15, -0.1) is 0 Å². The third-order valence-electron chi connectivity index (χ3n) is 6.00. The number of ether oxygens (including phenoxy) is 1. The van der Waals surface area contributed by atoms with Crippen LogP contribution >= 0.6 is 11.6 Å². The normalized spacial score (nSPS) is 12.1. The van der Waals surface area contributed by atoms with Gasteiger partial charge in [-0.05, 0) is 86.2 Å². The molecule has 36 heavy (non-hydrogen) atoms. The number of benzene rings is 3. The van der Waals surface area contributed by atoms with Crippen molar-refractivity contribution >= 4 is 17.6 Å². The molecule has 1 atom stereocenters. The lowest BCUT2D eigenvalue weighted by molar-refractivity contribution is 0.0697. The van der Waals surface area contributed by atoms with Crippen molar-refractivity contribution in [2.75, 3.05) is 13.2 Å². The largest absolute Gasteiger partial charge is 0.489 e. The molecule has 0 amide bonds. The van der Waals surface area contributed by atoms with E-state index in [1.807, 2.05) is 24.3 Å². The zero-order valence-electron chi connectivity index (χ0n) is 20.5. The van der Waals surface area contributed by atoms with Gasteiger partial charge < -0.3 is 20.3 Å². The number of aliphatic hydroxyl groups is 1. The standard InChI is InChI=1S/C29H31ClN2O4/c1-29(2,15-3-4-20-5-13-25(30)14-6-20)32-18-26(33)19-36-27-16-23(11-12-24(27)17-31)21-7-9-22(10-8-21)28(34)35/h5-14,16,26,32-33H,3-4,15,18-19H2,1-2H3,(H,34,35)/t26-/m0/s1. The van der Waals surface area contributed by atoms with Gasteiger partial charge in [0.15, 0.2) is 0 Å². The van der Waals surface area contributed by atoms with Crippen LogP contribution in [0.5, 0.6) is 5.75 Å². The predicted molar refractivity (Wildman–Crippen MR) is 142 cm³/mol. The van der Waals surface area contributed by atoms with E-state index >= 15 is 0 Å². The molecule has 6 nitrogen and oxygen atoms in total. The van der Waals surface area contributed by atoms with Gasteiger partial charge in [0, 0.05) is 17.1 Å². The van der Waals surface area contributed by atoms with Crippen LogP contribution in [0.3, 0.4) is 0 Å². The number of rotatable bonds is 12. The summed E-state index contributed by atoms with van der Waals surface area (Å²) in [5.41, 5.74) is 3.24. The van der Waals surface area contributed by atoms with Crippen LogP contribution in [0, 0.1) is 11.3 Å². The summed E-state index contributed by atoms with van der Waals surface area (Å²) >= 11 is 5.94. The molecule has 0 fully saturated rings. The van der Waals surface area contributed by atoms with E-state index in [0.717, 1.165) is 35.4 Å². The van der Waals surface area contributed by atoms with Crippen LogP contribution in [-0.2, 0) is 6.42 Å². The minimum atomic E-state index is -0.988. The Balaban J connectivity index is 1.51. The molecule has 0 aromatic heterocycles. The van der Waals surface area contributed by atoms with E-state index < -0.39 is 12.1 Å². The molecule has 0 spiro atoms. The Bertz CT molecular complexity index is 1200. The van der Waals surface area contributed by atoms with E-state index in [-0.39, 0.29) is 17.7 Å². The third-order valence-corrected chi connectivity index (χ3v) is 6.25. The van der Waals surface area contributed by atoms with Crippen molar-refractivity contribution in [3.63, 3.8) is 0 Å². The Kier molecular flexibility index (Phi) is 9.49. The van der Waals surface area contributed by atoms with Crippen molar-refractivity contribution in [2.45, 2.75) is 44.8 Å². The summed E-state index contributed by atoms with van der Waals surface area (Å²) in [6.07, 6.45) is 2.13. The van der Waals surface area contributed by atoms with Gasteiger partial charge in [0.1, 0.15) is 24.5 Å². The Morgan fingerprint density at radius 1 is 1.08 bits per heavy atom. The summed E-state index contributed by atoms with van der Waals surface area (Å²) in [7, 11) is 0. The number of β-amino-alcohol motifs (C(OH)–C–C–N with tert-alkyl or cyclic N) is 1. The van der Waals surface area contributed by atoms with E-state index in [0.29, 0.717) is 17.9 Å². The molecule has 3 aromatic rings. The van der Waals surface area contributed by atoms with Gasteiger partial charge in [0.05, 0.1) is 11.1 Å². The first-order valence-electron chi connectivity index (χ1n) is 11.8. The number of nitrogens with zero attached hydrogens (tertiary/aromatic N) is 1. The van der Waals surface area contributed by atoms with Crippen LogP contribution in [0.1, 0.15) is 48.2 Å². The molecule has 0 heterocycles. The first kappa shape index (κ1) is 27.2. The highest BCUT2D eigenvalue weighted by Gasteiger charge is 2.19. The molecule has 7 heteroatoms. The van der Waals surface area contributed by atoms with Crippen molar-refractivity contribution in [3.05, 3.63) is 88.4 Å². The summed E-state index contributed by atoms with van der Waals surface area (Å²) in [6, 6.07) is 21.7. The molecule has 0 aliphatic heterocycles. The molecule has 0 radical (unpaired) electrons. The summed E-state index contributed by atoms with van der Waals surface area (Å²) < 4.78 is 5.81. The number of aromatic carboxylic acids is 1. The lowest BCUT2D eigenvalue weighted by Gasteiger charge is -2.28. The number of nitrogens with one attached hydrogen (secondary N) is 1. The summed E-state index contributed by atoms with van der Waals surface area (Å²) in [4.78, 5) is 11.1. The van der Waals surface area contributed by atoms with Crippen molar-refractivity contribution in [1.82, 2.24) is 5.32 Å². The number of hydrogen-bond acceptors (Lipinski definition) is 5. The van der Waals surface area contributed by atoms with Gasteiger partial charge in [-0.25, -0.2) is 4.79 Å². The van der Waals surface area contributed by atoms with Crippen molar-refractivity contribution in [1.29, 1.82) is 5.26 Å². The van der Waals surface area contributed by atoms with Crippen molar-refractivity contribution in [2.24, 2.45) is 0 Å². The second-order valence-corrected chi connectivity index (χ2v) is 9.85. The van der Waals surface area contributed by atoms with Crippen LogP contribution in [0.2, 0.25) is 5.02 Å². The molecule has 0 unspecified atom stereocenters. The molecule has 3 rings (SSSR count). The first-order valence-corrected chi connectivity index (χ1v) is 12.2. The summed E-state index contributed by atoms with van der Waals surface area (Å²) in [5.74, 6) is -0.615. The number of carbonyl (C=O) groups is 1. The van der Waals surface area contributed by atoms with E-state index in [4.69, 9.17) is 21.4 Å². The molecule has 3 aromatic carbocycles. The van der Waals surface area contributed by atoms with Gasteiger partial charge in [0.25, 0.3) is 0 Å². The van der Waals surface area contributed by atoms with Crippen molar-refractivity contribution in [3.8, 4) is 22.9 Å². The van der Waals surface area contributed by atoms with E-state index in [1.165, 1.54) is 17.7 Å². The van der Waals surface area contributed by atoms with Crippen LogP contribution in [0.15, 0.2) is 66.7 Å². The lowest BCUT2D eigenvalue weighted by atomic mass is 9.95. The summed E-state index contributed by atoms with van der Waals surface area (Å²) in [6.45, 7) is 4.60. The monoisotopic (exact) mass is 506 g/mol. The average Bonchev–Trinajstić information content (AvgIpc) is 2.87. The third kappa shape index (κ3) is 8.10. The maximum absolute atomic E-state index is 11.1. The fourth-order valence-corrected chi connectivity index (χ4v) is 3.96. The van der Waals surface area contributed by atoms with E-state index in [9.17, 15) is 15.2 Å². The Labute approximate surface area is 217 Å². The predicted octanol–water partition coefficient (Wildman–Crippen LogP) is 5.71. The number of nitriles is 1. The average molecular weight is 507 g/mol. The minimum absolute atomic E-state index is 0.0317. The smallest absolute Gasteiger partial charge is 0.335 e. The molecule has 0 aliphatic rings. The number of aliphatic hydroxyl groups excluding tert-OH is 1. The number of carboxylic acid groups (broad SMARTS) is 1. The molecule has 0 saturated heterocycles. The van der Waals surface area contributed by atoms with Crippen LogP contribution in [0.4, 0.5) is 0 Å². The quantitative estimate of drug-likeness (QED) is 0.291. The first-order chi connectivity index (χ1) is 17.2. The fourth-order valence-electron chi connectivity index (χ4n) is 3.83. The number of carboxylic acids is 1. The van der Waals surface area contributed by atoms with Crippen LogP contribution in [0.25, 0.3) is 11.1 Å². The van der Waals surface area contributed by atoms with Gasteiger partial charge >= 0.3 is 5.97 Å². The molecule has 188 valence electrons. The van der Waals surface area contributed by atoms with Gasteiger partial charge in [-0.3, -0.25) is 0 Å². The zero-order chi connectivity index (χ0) is 26.1. The molecular formula is C29H31ClN2O4. The maximum atomic E-state index is 11.1. The molecular weight excluding hydrogens is 476 g/mol. The number of aryl methyl sites for hydroxylation is 1. The fraction of sp³-hybridized carbons (Fsp3) is 0.310. The molecule has 3 N–H and O–H groups in total. The highest BCUT2D eigenvalue weighted by atomic mass is 35.5. The van der Waals surface area contributed by atoms with Gasteiger partial charge in [-0.1, -0.05) is 41.9 Å². The Morgan fingerprint density at radius 2 is 1.75 bits per heavy atom. The van der Waals surface area contributed by atoms with Gasteiger partial charge in [-0.2, -0.15) is 5.26 Å². The van der Waals surface area contributed by atoms with Crippen molar-refractivity contribution < 1.29 is 19.7 Å². The van der Waals surface area contributed by atoms with Crippen LogP contribution < -0.4 is 10.1 Å². The maximum Gasteiger partial charge on any atom is 0.335 e. The van der Waals surface area contributed by atoms with E-state index in [2.05, 4.69) is 25.2 Å². The summed E-state index contributed by atoms with van der Waals surface area (Å²) in [5, 5.41) is 33.2. The topological polar surface area (TPSA) is 103 Å². The Morgan fingerprint density at radius 3 is 2.39 bits per heavy atom. The lowest BCUT2D eigenvalue weighted by Crippen LogP contribution is -2.44. The van der Waals surface area contributed by atoms with Crippen LogP contribution in [-0.4, -0.2) is 41.0 Å². The minimum Gasteiger partial charge on any atom is -0.489 e. The second-order valence-electron chi connectivity index (χ2n) is 9.41. The van der Waals surface area contributed by atoms with E-state index in [1.54, 1.807) is 30.3 Å². The number of halogens is 1. The Hall–Kier alpha value is -3.37. The second kappa shape index (κ2) is 12.5. The van der Waals surface area contributed by atoms with Gasteiger partial charge in [0.2, 0.25) is 0 Å². The highest BCUT2D eigenvalue weighted by Crippen LogP contribution is 2.27. The molecule has 0 aliphatic carbocycles. The molecule has 0 bridgehead atoms. The molecule has 0 saturated carbocycles. The number of hydrogen-bond donors (Lipinski definition) is 3. The highest BCUT2D eigenvalue weighted by molar-refractivity contribution is 6.30.